The topological polar surface area (TPSA) is 55.1 Å². The van der Waals surface area contributed by atoms with Crippen molar-refractivity contribution in [1.29, 1.82) is 0 Å². The summed E-state index contributed by atoms with van der Waals surface area (Å²) in [6, 6.07) is 0.511. The van der Waals surface area contributed by atoms with Gasteiger partial charge in [0.05, 0.1) is 5.54 Å². The average molecular weight is 210 g/mol. The van der Waals surface area contributed by atoms with Gasteiger partial charge in [0.2, 0.25) is 5.91 Å². The number of carbonyl (C=O) groups excluding carboxylic acids is 1. The Hall–Kier alpha value is -0.570. The maximum Gasteiger partial charge on any atom is 0.237 e. The fourth-order valence-electron chi connectivity index (χ4n) is 2.72. The lowest BCUT2D eigenvalue weighted by Crippen LogP contribution is -2.58. The first-order chi connectivity index (χ1) is 7.13. The third kappa shape index (κ3) is 2.33. The van der Waals surface area contributed by atoms with Crippen LogP contribution < -0.4 is 11.1 Å². The SMILES string of the molecule is CC(NC1CCCCC1)(C(N)=O)C1CC1. The smallest absolute Gasteiger partial charge is 0.237 e. The second-order valence-electron chi connectivity index (χ2n) is 5.32. The maximum absolute atomic E-state index is 11.5. The molecule has 3 nitrogen and oxygen atoms in total. The molecule has 1 unspecified atom stereocenters. The highest BCUT2D eigenvalue weighted by molar-refractivity contribution is 5.85. The Kier molecular flexibility index (Phi) is 3.01. The Bertz CT molecular complexity index is 244. The lowest BCUT2D eigenvalue weighted by atomic mass is 9.89. The van der Waals surface area contributed by atoms with Crippen molar-refractivity contribution in [1.82, 2.24) is 5.32 Å². The number of nitrogens with two attached hydrogens (primary N) is 1. The van der Waals surface area contributed by atoms with Crippen molar-refractivity contribution in [2.45, 2.75) is 63.5 Å². The van der Waals surface area contributed by atoms with Crippen molar-refractivity contribution in [3.63, 3.8) is 0 Å². The molecule has 3 heteroatoms. The van der Waals surface area contributed by atoms with Gasteiger partial charge in [0.1, 0.15) is 0 Å². The van der Waals surface area contributed by atoms with E-state index in [1.54, 1.807) is 0 Å². The molecule has 0 spiro atoms. The molecule has 15 heavy (non-hydrogen) atoms. The van der Waals surface area contributed by atoms with Crippen LogP contribution in [0, 0.1) is 5.92 Å². The maximum atomic E-state index is 11.5. The molecule has 2 saturated carbocycles. The van der Waals surface area contributed by atoms with E-state index < -0.39 is 5.54 Å². The van der Waals surface area contributed by atoms with Gasteiger partial charge in [-0.15, -0.1) is 0 Å². The van der Waals surface area contributed by atoms with E-state index in [9.17, 15) is 4.79 Å². The van der Waals surface area contributed by atoms with Gasteiger partial charge in [0.25, 0.3) is 0 Å². The minimum atomic E-state index is -0.442. The minimum absolute atomic E-state index is 0.171. The number of primary amides is 1. The molecule has 0 aromatic heterocycles. The number of amides is 1. The van der Waals surface area contributed by atoms with Gasteiger partial charge < -0.3 is 11.1 Å². The van der Waals surface area contributed by atoms with Crippen LogP contribution in [0.25, 0.3) is 0 Å². The highest BCUT2D eigenvalue weighted by Gasteiger charge is 2.46. The Labute approximate surface area is 91.8 Å². The molecular weight excluding hydrogens is 188 g/mol. The molecule has 0 saturated heterocycles. The van der Waals surface area contributed by atoms with E-state index in [1.807, 2.05) is 6.92 Å². The Balaban J connectivity index is 1.96. The van der Waals surface area contributed by atoms with Crippen LogP contribution in [0.3, 0.4) is 0 Å². The van der Waals surface area contributed by atoms with Crippen LogP contribution in [-0.2, 0) is 4.79 Å². The van der Waals surface area contributed by atoms with Crippen molar-refractivity contribution in [3.05, 3.63) is 0 Å². The van der Waals surface area contributed by atoms with Crippen LogP contribution in [0.1, 0.15) is 51.9 Å². The van der Waals surface area contributed by atoms with Gasteiger partial charge in [-0.2, -0.15) is 0 Å². The number of hydrogen-bond acceptors (Lipinski definition) is 2. The van der Waals surface area contributed by atoms with Gasteiger partial charge in [-0.3, -0.25) is 4.79 Å². The van der Waals surface area contributed by atoms with Crippen LogP contribution >= 0.6 is 0 Å². The fourth-order valence-corrected chi connectivity index (χ4v) is 2.72. The van der Waals surface area contributed by atoms with Crippen molar-refractivity contribution in [2.24, 2.45) is 11.7 Å². The molecule has 0 radical (unpaired) electrons. The highest BCUT2D eigenvalue weighted by Crippen LogP contribution is 2.40. The van der Waals surface area contributed by atoms with Gasteiger partial charge in [-0.1, -0.05) is 19.3 Å². The van der Waals surface area contributed by atoms with Gasteiger partial charge in [-0.05, 0) is 38.5 Å². The predicted molar refractivity (Wildman–Crippen MR) is 60.3 cm³/mol. The molecule has 86 valence electrons. The van der Waals surface area contributed by atoms with Gasteiger partial charge >= 0.3 is 0 Å². The summed E-state index contributed by atoms with van der Waals surface area (Å²) in [5, 5.41) is 3.52. The van der Waals surface area contributed by atoms with Gasteiger partial charge in [0.15, 0.2) is 0 Å². The van der Waals surface area contributed by atoms with Gasteiger partial charge in [-0.25, -0.2) is 0 Å². The number of rotatable bonds is 4. The normalized spacial score (nSPS) is 27.3. The van der Waals surface area contributed by atoms with Crippen molar-refractivity contribution >= 4 is 5.91 Å². The minimum Gasteiger partial charge on any atom is -0.368 e. The molecule has 2 fully saturated rings. The van der Waals surface area contributed by atoms with E-state index in [2.05, 4.69) is 5.32 Å². The zero-order valence-electron chi connectivity index (χ0n) is 9.59. The molecule has 0 aromatic carbocycles. The zero-order valence-corrected chi connectivity index (χ0v) is 9.59. The van der Waals surface area contributed by atoms with Crippen LogP contribution in [-0.4, -0.2) is 17.5 Å². The van der Waals surface area contributed by atoms with Crippen LogP contribution in [0.4, 0.5) is 0 Å². The molecule has 0 aromatic rings. The summed E-state index contributed by atoms with van der Waals surface area (Å²) < 4.78 is 0. The largest absolute Gasteiger partial charge is 0.368 e. The number of nitrogens with one attached hydrogen (secondary N) is 1. The lowest BCUT2D eigenvalue weighted by Gasteiger charge is -2.34. The standard InChI is InChI=1S/C12H22N2O/c1-12(11(13)15,9-7-8-9)14-10-5-3-2-4-6-10/h9-10,14H,2-8H2,1H3,(H2,13,15). The van der Waals surface area contributed by atoms with Gasteiger partial charge in [0, 0.05) is 6.04 Å². The van der Waals surface area contributed by atoms with Crippen LogP contribution in [0.2, 0.25) is 0 Å². The fraction of sp³-hybridized carbons (Fsp3) is 0.917. The summed E-state index contributed by atoms with van der Waals surface area (Å²) in [5.41, 5.74) is 5.09. The lowest BCUT2D eigenvalue weighted by molar-refractivity contribution is -0.125. The molecule has 2 rings (SSSR count). The first-order valence-electron chi connectivity index (χ1n) is 6.20. The van der Waals surface area contributed by atoms with E-state index in [4.69, 9.17) is 5.73 Å². The molecule has 0 aliphatic heterocycles. The van der Waals surface area contributed by atoms with E-state index >= 15 is 0 Å². The van der Waals surface area contributed by atoms with Crippen molar-refractivity contribution in [3.8, 4) is 0 Å². The molecule has 2 aliphatic carbocycles. The Morgan fingerprint density at radius 3 is 2.27 bits per heavy atom. The number of hydrogen-bond donors (Lipinski definition) is 2. The predicted octanol–water partition coefficient (Wildman–Crippen LogP) is 1.56. The highest BCUT2D eigenvalue weighted by atomic mass is 16.1. The third-order valence-electron chi connectivity index (χ3n) is 4.01. The second kappa shape index (κ2) is 4.12. The second-order valence-corrected chi connectivity index (χ2v) is 5.32. The van der Waals surface area contributed by atoms with Crippen molar-refractivity contribution in [2.75, 3.05) is 0 Å². The first kappa shape index (κ1) is 10.9. The van der Waals surface area contributed by atoms with Crippen molar-refractivity contribution < 1.29 is 4.79 Å². The molecule has 3 N–H and O–H groups in total. The molecule has 2 aliphatic rings. The summed E-state index contributed by atoms with van der Waals surface area (Å²) in [7, 11) is 0. The first-order valence-corrected chi connectivity index (χ1v) is 6.20. The molecule has 1 atom stereocenters. The zero-order chi connectivity index (χ0) is 10.9. The Morgan fingerprint density at radius 1 is 1.20 bits per heavy atom. The summed E-state index contributed by atoms with van der Waals surface area (Å²) in [6.07, 6.45) is 8.63. The van der Waals surface area contributed by atoms with E-state index in [1.165, 1.54) is 32.1 Å². The van der Waals surface area contributed by atoms with E-state index in [-0.39, 0.29) is 5.91 Å². The molecule has 1 amide bonds. The molecule has 0 heterocycles. The number of carbonyl (C=O) groups is 1. The van der Waals surface area contributed by atoms with E-state index in [0.717, 1.165) is 12.8 Å². The summed E-state index contributed by atoms with van der Waals surface area (Å²) in [4.78, 5) is 11.5. The van der Waals surface area contributed by atoms with E-state index in [0.29, 0.717) is 12.0 Å². The summed E-state index contributed by atoms with van der Waals surface area (Å²) in [5.74, 6) is 0.312. The van der Waals surface area contributed by atoms with Crippen LogP contribution in [0.5, 0.6) is 0 Å². The summed E-state index contributed by atoms with van der Waals surface area (Å²) >= 11 is 0. The molecule has 0 bridgehead atoms. The quantitative estimate of drug-likeness (QED) is 0.740. The van der Waals surface area contributed by atoms with Crippen LogP contribution in [0.15, 0.2) is 0 Å². The average Bonchev–Trinajstić information content (AvgIpc) is 3.02. The monoisotopic (exact) mass is 210 g/mol. The third-order valence-corrected chi connectivity index (χ3v) is 4.01. The molecular formula is C12H22N2O. The Morgan fingerprint density at radius 2 is 1.80 bits per heavy atom. The summed E-state index contributed by atoms with van der Waals surface area (Å²) in [6.45, 7) is 1.99.